The van der Waals surface area contributed by atoms with Gasteiger partial charge in [0.1, 0.15) is 0 Å². The monoisotopic (exact) mass is 249 g/mol. The van der Waals surface area contributed by atoms with E-state index >= 15 is 0 Å². The van der Waals surface area contributed by atoms with Crippen molar-refractivity contribution >= 4 is 12.4 Å². The second-order valence-corrected chi connectivity index (χ2v) is 3.20. The summed E-state index contributed by atoms with van der Waals surface area (Å²) < 4.78 is 22.3. The molecular formula is C11H17ClFNO2. The van der Waals surface area contributed by atoms with E-state index in [1.807, 2.05) is 6.07 Å². The summed E-state index contributed by atoms with van der Waals surface area (Å²) in [5, 5.41) is 0. The molecule has 0 aromatic heterocycles. The molecule has 0 spiro atoms. The molecule has 0 bridgehead atoms. The molecule has 16 heavy (non-hydrogen) atoms. The van der Waals surface area contributed by atoms with Crippen molar-refractivity contribution < 1.29 is 13.9 Å². The first-order chi connectivity index (χ1) is 7.22. The molecule has 2 N–H and O–H groups in total. The Bertz CT molecular complexity index is 323. The Morgan fingerprint density at radius 1 is 1.25 bits per heavy atom. The van der Waals surface area contributed by atoms with Gasteiger partial charge in [-0.05, 0) is 24.1 Å². The third-order valence-corrected chi connectivity index (χ3v) is 2.26. The van der Waals surface area contributed by atoms with Crippen LogP contribution in [0.25, 0.3) is 0 Å². The Hall–Kier alpha value is -1.00. The first-order valence-corrected chi connectivity index (χ1v) is 4.76. The maximum absolute atomic E-state index is 12.1. The SMILES string of the molecule is COc1ccc([C@H](N)CCF)cc1OC.Cl. The summed E-state index contributed by atoms with van der Waals surface area (Å²) >= 11 is 0. The van der Waals surface area contributed by atoms with Crippen molar-refractivity contribution in [1.82, 2.24) is 0 Å². The van der Waals surface area contributed by atoms with Gasteiger partial charge < -0.3 is 15.2 Å². The number of ether oxygens (including phenoxy) is 2. The lowest BCUT2D eigenvalue weighted by atomic mass is 10.0. The van der Waals surface area contributed by atoms with Crippen LogP contribution in [0.5, 0.6) is 11.5 Å². The summed E-state index contributed by atoms with van der Waals surface area (Å²) in [6.07, 6.45) is 0.315. The molecule has 0 aliphatic carbocycles. The normalized spacial score (nSPS) is 11.5. The maximum atomic E-state index is 12.1. The van der Waals surface area contributed by atoms with Crippen LogP contribution >= 0.6 is 12.4 Å². The van der Waals surface area contributed by atoms with Gasteiger partial charge in [-0.1, -0.05) is 6.07 Å². The number of benzene rings is 1. The smallest absolute Gasteiger partial charge is 0.161 e. The van der Waals surface area contributed by atoms with Crippen molar-refractivity contribution in [2.45, 2.75) is 12.5 Å². The Kier molecular flexibility index (Phi) is 6.85. The summed E-state index contributed by atoms with van der Waals surface area (Å²) in [7, 11) is 3.13. The zero-order valence-electron chi connectivity index (χ0n) is 9.40. The molecule has 0 aliphatic heterocycles. The van der Waals surface area contributed by atoms with E-state index in [1.54, 1.807) is 26.4 Å². The van der Waals surface area contributed by atoms with Crippen LogP contribution in [-0.2, 0) is 0 Å². The fourth-order valence-corrected chi connectivity index (χ4v) is 1.37. The van der Waals surface area contributed by atoms with E-state index in [1.165, 1.54) is 0 Å². The Morgan fingerprint density at radius 2 is 1.88 bits per heavy atom. The Labute approximate surface area is 101 Å². The number of alkyl halides is 1. The predicted octanol–water partition coefficient (Wildman–Crippen LogP) is 2.49. The lowest BCUT2D eigenvalue weighted by Gasteiger charge is -2.13. The minimum absolute atomic E-state index is 0. The van der Waals surface area contributed by atoms with Crippen LogP contribution < -0.4 is 15.2 Å². The van der Waals surface area contributed by atoms with E-state index in [4.69, 9.17) is 15.2 Å². The molecular weight excluding hydrogens is 233 g/mol. The predicted molar refractivity (Wildman–Crippen MR) is 64.3 cm³/mol. The molecule has 0 saturated heterocycles. The van der Waals surface area contributed by atoms with Crippen LogP contribution in [0.4, 0.5) is 4.39 Å². The number of rotatable bonds is 5. The van der Waals surface area contributed by atoms with Crippen molar-refractivity contribution in [3.05, 3.63) is 23.8 Å². The van der Waals surface area contributed by atoms with E-state index in [0.29, 0.717) is 17.9 Å². The van der Waals surface area contributed by atoms with Crippen molar-refractivity contribution in [3.63, 3.8) is 0 Å². The van der Waals surface area contributed by atoms with Gasteiger partial charge in [0.05, 0.1) is 20.9 Å². The number of nitrogens with two attached hydrogens (primary N) is 1. The van der Waals surface area contributed by atoms with Crippen LogP contribution in [0.1, 0.15) is 18.0 Å². The third-order valence-electron chi connectivity index (χ3n) is 2.26. The van der Waals surface area contributed by atoms with Crippen LogP contribution in [0, 0.1) is 0 Å². The average Bonchev–Trinajstić information content (AvgIpc) is 2.28. The summed E-state index contributed by atoms with van der Waals surface area (Å²) in [6.45, 7) is -0.421. The van der Waals surface area contributed by atoms with Crippen LogP contribution in [-0.4, -0.2) is 20.9 Å². The molecule has 0 unspecified atom stereocenters. The molecule has 0 fully saturated rings. The second kappa shape index (κ2) is 7.30. The molecule has 1 aromatic carbocycles. The number of halogens is 2. The Morgan fingerprint density at radius 3 is 2.38 bits per heavy atom. The minimum atomic E-state index is -0.421. The van der Waals surface area contributed by atoms with Gasteiger partial charge in [0.15, 0.2) is 11.5 Å². The van der Waals surface area contributed by atoms with E-state index in [0.717, 1.165) is 5.56 Å². The summed E-state index contributed by atoms with van der Waals surface area (Å²) in [4.78, 5) is 0. The Balaban J connectivity index is 0.00000225. The highest BCUT2D eigenvalue weighted by Gasteiger charge is 2.09. The molecule has 0 radical (unpaired) electrons. The highest BCUT2D eigenvalue weighted by atomic mass is 35.5. The molecule has 1 atom stereocenters. The second-order valence-electron chi connectivity index (χ2n) is 3.20. The quantitative estimate of drug-likeness (QED) is 0.872. The summed E-state index contributed by atoms with van der Waals surface area (Å²) in [5.74, 6) is 1.26. The van der Waals surface area contributed by atoms with Crippen molar-refractivity contribution in [2.75, 3.05) is 20.9 Å². The molecule has 0 aliphatic rings. The maximum Gasteiger partial charge on any atom is 0.161 e. The van der Waals surface area contributed by atoms with Crippen LogP contribution in [0.15, 0.2) is 18.2 Å². The first kappa shape index (κ1) is 15.0. The van der Waals surface area contributed by atoms with Gasteiger partial charge >= 0.3 is 0 Å². The molecule has 0 amide bonds. The molecule has 3 nitrogen and oxygen atoms in total. The van der Waals surface area contributed by atoms with E-state index < -0.39 is 6.67 Å². The topological polar surface area (TPSA) is 44.5 Å². The van der Waals surface area contributed by atoms with Crippen molar-refractivity contribution in [2.24, 2.45) is 5.73 Å². The van der Waals surface area contributed by atoms with E-state index in [-0.39, 0.29) is 18.4 Å². The van der Waals surface area contributed by atoms with Gasteiger partial charge in [0.2, 0.25) is 0 Å². The number of methoxy groups -OCH3 is 2. The highest BCUT2D eigenvalue weighted by molar-refractivity contribution is 5.85. The fourth-order valence-electron chi connectivity index (χ4n) is 1.37. The lowest BCUT2D eigenvalue weighted by molar-refractivity contribution is 0.353. The molecule has 0 saturated carbocycles. The largest absolute Gasteiger partial charge is 0.493 e. The third kappa shape index (κ3) is 3.54. The highest BCUT2D eigenvalue weighted by Crippen LogP contribution is 2.30. The summed E-state index contributed by atoms with van der Waals surface area (Å²) in [6, 6.07) is 5.07. The van der Waals surface area contributed by atoms with Crippen LogP contribution in [0.3, 0.4) is 0 Å². The number of hydrogen-bond acceptors (Lipinski definition) is 3. The van der Waals surface area contributed by atoms with E-state index in [2.05, 4.69) is 0 Å². The van der Waals surface area contributed by atoms with Gasteiger partial charge in [-0.25, -0.2) is 0 Å². The fraction of sp³-hybridized carbons (Fsp3) is 0.455. The van der Waals surface area contributed by atoms with Crippen LogP contribution in [0.2, 0.25) is 0 Å². The average molecular weight is 250 g/mol. The first-order valence-electron chi connectivity index (χ1n) is 4.76. The standard InChI is InChI=1S/C11H16FNO2.ClH/c1-14-10-4-3-8(7-11(10)15-2)9(13)5-6-12;/h3-4,7,9H,5-6,13H2,1-2H3;1H/t9-;/m1./s1. The van der Waals surface area contributed by atoms with Gasteiger partial charge in [-0.15, -0.1) is 12.4 Å². The molecule has 0 heterocycles. The number of hydrogen-bond donors (Lipinski definition) is 1. The van der Waals surface area contributed by atoms with Gasteiger partial charge in [0.25, 0.3) is 0 Å². The van der Waals surface area contributed by atoms with E-state index in [9.17, 15) is 4.39 Å². The zero-order valence-corrected chi connectivity index (χ0v) is 10.2. The van der Waals surface area contributed by atoms with Gasteiger partial charge in [-0.3, -0.25) is 4.39 Å². The lowest BCUT2D eigenvalue weighted by Crippen LogP contribution is -2.11. The van der Waals surface area contributed by atoms with Gasteiger partial charge in [0, 0.05) is 6.04 Å². The zero-order chi connectivity index (χ0) is 11.3. The van der Waals surface area contributed by atoms with Crippen molar-refractivity contribution in [3.8, 4) is 11.5 Å². The van der Waals surface area contributed by atoms with Gasteiger partial charge in [-0.2, -0.15) is 0 Å². The minimum Gasteiger partial charge on any atom is -0.493 e. The molecule has 92 valence electrons. The molecule has 1 aromatic rings. The van der Waals surface area contributed by atoms with Crippen molar-refractivity contribution in [1.29, 1.82) is 0 Å². The molecule has 1 rings (SSSR count). The summed E-state index contributed by atoms with van der Waals surface area (Å²) in [5.41, 5.74) is 6.64. The molecule has 5 heteroatoms.